The van der Waals surface area contributed by atoms with Crippen molar-refractivity contribution in [2.45, 2.75) is 0 Å². The number of hydrogen-bond acceptors (Lipinski definition) is 8. The summed E-state index contributed by atoms with van der Waals surface area (Å²) in [6, 6.07) is 0. The molecule has 0 aromatic heterocycles. The van der Waals surface area contributed by atoms with Crippen molar-refractivity contribution in [1.29, 1.82) is 0 Å². The van der Waals surface area contributed by atoms with Crippen LogP contribution in [0.1, 0.15) is 0 Å². The molecule has 0 aliphatic rings. The van der Waals surface area contributed by atoms with Gasteiger partial charge >= 0.3 is 54.1 Å². The van der Waals surface area contributed by atoms with Gasteiger partial charge < -0.3 is 39.7 Å². The molecule has 11 heavy (non-hydrogen) atoms. The molecule has 7 N–H and O–H groups in total. The Labute approximate surface area is 93.3 Å². The van der Waals surface area contributed by atoms with E-state index in [0.29, 0.717) is 0 Å². The molecule has 0 heterocycles. The van der Waals surface area contributed by atoms with E-state index in [1.165, 1.54) is 0 Å². The van der Waals surface area contributed by atoms with Crippen molar-refractivity contribution in [2.75, 3.05) is 0 Å². The normalized spacial score (nSPS) is 7.91. The minimum absolute atomic E-state index is 0. The first-order valence-electron chi connectivity index (χ1n) is 1.65. The molecule has 0 atom stereocenters. The summed E-state index contributed by atoms with van der Waals surface area (Å²) in [5.41, 5.74) is 0. The van der Waals surface area contributed by atoms with E-state index in [4.69, 9.17) is 34.3 Å². The minimum Gasteiger partial charge on any atom is -0.870 e. The van der Waals surface area contributed by atoms with Crippen LogP contribution < -0.4 is 4.80 Å². The van der Waals surface area contributed by atoms with Crippen molar-refractivity contribution in [3.8, 4) is 0 Å². The van der Waals surface area contributed by atoms with Crippen LogP contribution in [0.25, 0.3) is 0 Å². The van der Waals surface area contributed by atoms with E-state index in [0.717, 1.165) is 0 Å². The van der Waals surface area contributed by atoms with Crippen LogP contribution in [0.3, 0.4) is 0 Å². The minimum atomic E-state index is -4.86. The third-order valence-electron chi connectivity index (χ3n) is 0. The summed E-state index contributed by atoms with van der Waals surface area (Å²) in [5, 5.41) is 21.5. The van der Waals surface area contributed by atoms with E-state index in [9.17, 15) is 0 Å². The Morgan fingerprint density at radius 3 is 1.00 bits per heavy atom. The fourth-order valence-corrected chi connectivity index (χ4v) is 0. The van der Waals surface area contributed by atoms with Crippen LogP contribution in [-0.2, 0) is 0 Å². The van der Waals surface area contributed by atoms with Gasteiger partial charge in [0.25, 0.3) is 0 Å². The van der Waals surface area contributed by atoms with Gasteiger partial charge in [-0.1, -0.05) is 0 Å². The van der Waals surface area contributed by atoms with Gasteiger partial charge in [0, 0.05) is 0 Å². The molecule has 11 heteroatoms. The zero-order valence-electron chi connectivity index (χ0n) is 5.32. The van der Waals surface area contributed by atoms with Gasteiger partial charge in [-0.15, -0.1) is 0 Å². The SMILES string of the molecule is OB(O)O.[Ca+2].[O-][Si](O)(O)O.[OH-]. The summed E-state index contributed by atoms with van der Waals surface area (Å²) in [7, 11) is -7.03. The van der Waals surface area contributed by atoms with Crippen LogP contribution in [0.5, 0.6) is 0 Å². The average molecular weight is 214 g/mol. The van der Waals surface area contributed by atoms with Gasteiger partial charge in [0.05, 0.1) is 0 Å². The molecule has 0 bridgehead atoms. The number of hydrogen-bond donors (Lipinski definition) is 6. The van der Waals surface area contributed by atoms with Gasteiger partial charge in [-0.2, -0.15) is 0 Å². The van der Waals surface area contributed by atoms with E-state index < -0.39 is 16.4 Å². The molecule has 0 spiro atoms. The molecule has 0 unspecified atom stereocenters. The summed E-state index contributed by atoms with van der Waals surface area (Å²) in [4.78, 5) is 30.6. The van der Waals surface area contributed by atoms with Crippen molar-refractivity contribution >= 4 is 54.1 Å². The second kappa shape index (κ2) is 11.2. The van der Waals surface area contributed by atoms with Crippen LogP contribution in [0.2, 0.25) is 0 Å². The maximum Gasteiger partial charge on any atom is 2.00 e. The predicted octanol–water partition coefficient (Wildman–Crippen LogP) is -5.85. The van der Waals surface area contributed by atoms with Crippen LogP contribution >= 0.6 is 0 Å². The molecular formula is H7BCaO8Si. The van der Waals surface area contributed by atoms with Crippen LogP contribution in [0.15, 0.2) is 0 Å². The maximum absolute atomic E-state index is 8.91. The Kier molecular flexibility index (Phi) is 23.2. The van der Waals surface area contributed by atoms with E-state index in [2.05, 4.69) is 0 Å². The molecular weight excluding hydrogens is 207 g/mol. The molecule has 0 aliphatic heterocycles. The molecule has 8 nitrogen and oxygen atoms in total. The first kappa shape index (κ1) is 22.8. The first-order chi connectivity index (χ1) is 3.73. The van der Waals surface area contributed by atoms with Crippen molar-refractivity contribution in [2.24, 2.45) is 0 Å². The molecule has 0 saturated heterocycles. The van der Waals surface area contributed by atoms with Gasteiger partial charge in [0.15, 0.2) is 0 Å². The van der Waals surface area contributed by atoms with Gasteiger partial charge in [-0.25, -0.2) is 0 Å². The van der Waals surface area contributed by atoms with Crippen molar-refractivity contribution in [3.63, 3.8) is 0 Å². The molecule has 64 valence electrons. The van der Waals surface area contributed by atoms with Crippen LogP contribution in [0, 0.1) is 0 Å². The quantitative estimate of drug-likeness (QED) is 0.216. The molecule has 0 aliphatic carbocycles. The molecule has 0 rings (SSSR count). The summed E-state index contributed by atoms with van der Waals surface area (Å²) < 4.78 is 0. The Hall–Kier alpha value is 1.22. The second-order valence-electron chi connectivity index (χ2n) is 0.920. The Morgan fingerprint density at radius 1 is 1.00 bits per heavy atom. The Balaban J connectivity index is -0.0000000383. The summed E-state index contributed by atoms with van der Waals surface area (Å²) in [6.07, 6.45) is 0. The third kappa shape index (κ3) is 639. The van der Waals surface area contributed by atoms with Crippen molar-refractivity contribution in [1.82, 2.24) is 0 Å². The fourth-order valence-electron chi connectivity index (χ4n) is 0. The average Bonchev–Trinajstić information content (AvgIpc) is 1.19. The molecule has 0 aromatic carbocycles. The summed E-state index contributed by atoms with van der Waals surface area (Å²) >= 11 is 0. The fraction of sp³-hybridized carbons (Fsp3) is 0. The van der Waals surface area contributed by atoms with E-state index in [1.54, 1.807) is 0 Å². The molecule has 0 aromatic rings. The topological polar surface area (TPSA) is 174 Å². The maximum atomic E-state index is 8.91. The zero-order chi connectivity index (χ0) is 8.08. The largest absolute Gasteiger partial charge is 2.00 e. The zero-order valence-corrected chi connectivity index (χ0v) is 8.53. The smallest absolute Gasteiger partial charge is 0.870 e. The van der Waals surface area contributed by atoms with Gasteiger partial charge in [-0.05, 0) is 0 Å². The van der Waals surface area contributed by atoms with Gasteiger partial charge in [0.2, 0.25) is 0 Å². The third-order valence-corrected chi connectivity index (χ3v) is 0. The van der Waals surface area contributed by atoms with E-state index >= 15 is 0 Å². The van der Waals surface area contributed by atoms with E-state index in [-0.39, 0.29) is 43.2 Å². The summed E-state index contributed by atoms with van der Waals surface area (Å²) in [6.45, 7) is 0. The Bertz CT molecular complexity index is 50.8. The molecule has 0 amide bonds. The monoisotopic (exact) mass is 214 g/mol. The standard InChI is InChI=1S/BH3O3.Ca.H3O4Si.H2O/c2-1(3)4;;1-5(2,3)4;/h2-4H;;1-3H;1H2/q;+2;-1;/p-1. The van der Waals surface area contributed by atoms with Gasteiger partial charge in [0.1, 0.15) is 0 Å². The van der Waals surface area contributed by atoms with Crippen molar-refractivity contribution < 1.29 is 39.7 Å². The number of rotatable bonds is 0. The first-order valence-corrected chi connectivity index (χ1v) is 3.40. The second-order valence-corrected chi connectivity index (χ2v) is 2.07. The van der Waals surface area contributed by atoms with Crippen LogP contribution in [0.4, 0.5) is 0 Å². The van der Waals surface area contributed by atoms with Gasteiger partial charge in [-0.3, -0.25) is 0 Å². The molecule has 0 fully saturated rings. The van der Waals surface area contributed by atoms with Crippen molar-refractivity contribution in [3.05, 3.63) is 0 Å². The molecule has 0 radical (unpaired) electrons. The van der Waals surface area contributed by atoms with Crippen LogP contribution in [-0.4, -0.2) is 89.0 Å². The predicted molar refractivity (Wildman–Crippen MR) is 32.5 cm³/mol. The molecule has 0 saturated carbocycles. The summed E-state index contributed by atoms with van der Waals surface area (Å²) in [5.74, 6) is 0. The van der Waals surface area contributed by atoms with E-state index in [1.807, 2.05) is 0 Å². The Morgan fingerprint density at radius 2 is 1.00 bits per heavy atom.